The van der Waals surface area contributed by atoms with E-state index in [1.165, 1.54) is 148 Å². The highest BCUT2D eigenvalue weighted by molar-refractivity contribution is 5.72. The molecule has 1 unspecified atom stereocenters. The third kappa shape index (κ3) is 53.5. The zero-order chi connectivity index (χ0) is 49.3. The van der Waals surface area contributed by atoms with Gasteiger partial charge in [0.2, 0.25) is 0 Å². The first-order chi connectivity index (χ1) is 33.5. The molecule has 6 nitrogen and oxygen atoms in total. The summed E-state index contributed by atoms with van der Waals surface area (Å²) in [5, 5.41) is 0. The molecule has 0 fully saturated rings. The Morgan fingerprint density at radius 1 is 0.324 bits per heavy atom. The summed E-state index contributed by atoms with van der Waals surface area (Å²) in [5.41, 5.74) is 0. The molecule has 0 aromatic carbocycles. The molecule has 0 spiro atoms. The molecule has 6 heteroatoms. The summed E-state index contributed by atoms with van der Waals surface area (Å²) in [5.74, 6) is -1.06. The summed E-state index contributed by atoms with van der Waals surface area (Å²) in [6.07, 6.45) is 73.2. The molecule has 0 aliphatic carbocycles. The zero-order valence-corrected chi connectivity index (χ0v) is 44.6. The van der Waals surface area contributed by atoms with Crippen molar-refractivity contribution >= 4 is 17.9 Å². The Kier molecular flexibility index (Phi) is 53.4. The molecular formula is C62H106O6. The maximum atomic E-state index is 12.8. The molecule has 0 N–H and O–H groups in total. The van der Waals surface area contributed by atoms with E-state index in [9.17, 15) is 14.4 Å². The lowest BCUT2D eigenvalue weighted by Gasteiger charge is -2.18. The first kappa shape index (κ1) is 64.6. The van der Waals surface area contributed by atoms with Gasteiger partial charge in [-0.1, -0.05) is 241 Å². The van der Waals surface area contributed by atoms with Crippen LogP contribution in [-0.4, -0.2) is 37.2 Å². The van der Waals surface area contributed by atoms with Crippen molar-refractivity contribution in [3.8, 4) is 0 Å². The number of carbonyl (C=O) groups is 3. The summed E-state index contributed by atoms with van der Waals surface area (Å²) in [6, 6.07) is 0. The Balaban J connectivity index is 4.44. The van der Waals surface area contributed by atoms with E-state index in [4.69, 9.17) is 14.2 Å². The third-order valence-corrected chi connectivity index (χ3v) is 12.1. The van der Waals surface area contributed by atoms with Crippen LogP contribution < -0.4 is 0 Å². The molecule has 0 saturated carbocycles. The smallest absolute Gasteiger partial charge is 0.310 e. The average Bonchev–Trinajstić information content (AvgIpc) is 3.34. The number of esters is 3. The number of unbranched alkanes of at least 4 members (excludes halogenated alkanes) is 27. The molecule has 0 aliphatic heterocycles. The topological polar surface area (TPSA) is 78.9 Å². The molecule has 0 rings (SSSR count). The molecule has 0 aromatic rings. The van der Waals surface area contributed by atoms with Gasteiger partial charge in [-0.25, -0.2) is 0 Å². The Bertz CT molecular complexity index is 1320. The Labute approximate surface area is 420 Å². The van der Waals surface area contributed by atoms with Crippen molar-refractivity contribution in [3.05, 3.63) is 85.1 Å². The summed E-state index contributed by atoms with van der Waals surface area (Å²) < 4.78 is 16.7. The van der Waals surface area contributed by atoms with Crippen molar-refractivity contribution in [2.24, 2.45) is 0 Å². The van der Waals surface area contributed by atoms with Crippen molar-refractivity contribution in [3.63, 3.8) is 0 Å². The molecule has 1 atom stereocenters. The minimum atomic E-state index is -0.835. The SMILES string of the molecule is CC/C=C\C/C=C\C/C=C\C/C=C\C/C=C\CC(=O)OC(COC(=O)CCCCCCC/C=C\CCCCCCC)COC(=O)CCCCCCCCCCC/C=C\CCCCCCCCCC. The van der Waals surface area contributed by atoms with Crippen molar-refractivity contribution in [2.45, 2.75) is 277 Å². The largest absolute Gasteiger partial charge is 0.462 e. The number of allylic oxidation sites excluding steroid dienone is 13. The van der Waals surface area contributed by atoms with Crippen LogP contribution in [0.1, 0.15) is 271 Å². The molecule has 0 amide bonds. The molecule has 390 valence electrons. The van der Waals surface area contributed by atoms with E-state index in [0.717, 1.165) is 83.5 Å². The van der Waals surface area contributed by atoms with Crippen LogP contribution >= 0.6 is 0 Å². The van der Waals surface area contributed by atoms with E-state index in [2.05, 4.69) is 93.7 Å². The lowest BCUT2D eigenvalue weighted by Crippen LogP contribution is -2.30. The van der Waals surface area contributed by atoms with Crippen LogP contribution in [0.2, 0.25) is 0 Å². The molecule has 0 aromatic heterocycles. The minimum Gasteiger partial charge on any atom is -0.462 e. The van der Waals surface area contributed by atoms with Gasteiger partial charge in [0, 0.05) is 12.8 Å². The average molecular weight is 948 g/mol. The van der Waals surface area contributed by atoms with Gasteiger partial charge in [0.25, 0.3) is 0 Å². The number of carbonyl (C=O) groups excluding carboxylic acids is 3. The van der Waals surface area contributed by atoms with E-state index < -0.39 is 12.1 Å². The first-order valence-electron chi connectivity index (χ1n) is 28.6. The van der Waals surface area contributed by atoms with Gasteiger partial charge in [-0.05, 0) is 96.3 Å². The fraction of sp³-hybridized carbons (Fsp3) is 0.726. The van der Waals surface area contributed by atoms with Crippen molar-refractivity contribution in [1.29, 1.82) is 0 Å². The second kappa shape index (κ2) is 56.2. The van der Waals surface area contributed by atoms with Crippen LogP contribution in [0.5, 0.6) is 0 Å². The maximum absolute atomic E-state index is 12.8. The molecule has 0 saturated heterocycles. The van der Waals surface area contributed by atoms with Gasteiger partial charge in [0.15, 0.2) is 6.10 Å². The summed E-state index contributed by atoms with van der Waals surface area (Å²) in [4.78, 5) is 38.0. The molecule has 68 heavy (non-hydrogen) atoms. The van der Waals surface area contributed by atoms with Crippen LogP contribution in [0.3, 0.4) is 0 Å². The summed E-state index contributed by atoms with van der Waals surface area (Å²) in [6.45, 7) is 6.44. The number of rotatable bonds is 51. The number of ether oxygens (including phenoxy) is 3. The van der Waals surface area contributed by atoms with Crippen molar-refractivity contribution in [2.75, 3.05) is 13.2 Å². The lowest BCUT2D eigenvalue weighted by atomic mass is 10.1. The van der Waals surface area contributed by atoms with Crippen molar-refractivity contribution < 1.29 is 28.6 Å². The van der Waals surface area contributed by atoms with E-state index >= 15 is 0 Å². The highest BCUT2D eigenvalue weighted by atomic mass is 16.6. The van der Waals surface area contributed by atoms with E-state index in [-0.39, 0.29) is 31.6 Å². The second-order valence-electron chi connectivity index (χ2n) is 18.8. The summed E-state index contributed by atoms with van der Waals surface area (Å²) >= 11 is 0. The standard InChI is InChI=1S/C62H106O6/c1-4-7-10-13-16-19-22-25-28-29-30-31-32-33-35-37-40-43-46-49-52-55-61(64)67-58-59(57-66-60(63)54-51-48-45-42-39-36-27-24-21-18-15-12-9-6-3)68-62(65)56-53-50-47-44-41-38-34-26-23-20-17-14-11-8-5-2/h8,11,17,20,24,26-27,29-30,34,41,44,50,53,59H,4-7,9-10,12-16,18-19,21-23,25,28,31-33,35-40,42-43,45-49,51-52,54-58H2,1-3H3/b11-8-,20-17-,27-24-,30-29-,34-26-,44-41-,53-50-. The van der Waals surface area contributed by atoms with E-state index in [1.807, 2.05) is 6.08 Å². The normalized spacial score (nSPS) is 12.7. The highest BCUT2D eigenvalue weighted by Crippen LogP contribution is 2.15. The fourth-order valence-electron chi connectivity index (χ4n) is 7.86. The van der Waals surface area contributed by atoms with Gasteiger partial charge in [-0.15, -0.1) is 0 Å². The molecular weight excluding hydrogens is 841 g/mol. The Morgan fingerprint density at radius 2 is 0.618 bits per heavy atom. The summed E-state index contributed by atoms with van der Waals surface area (Å²) in [7, 11) is 0. The van der Waals surface area contributed by atoms with Crippen LogP contribution in [0, 0.1) is 0 Å². The second-order valence-corrected chi connectivity index (χ2v) is 18.8. The highest BCUT2D eigenvalue weighted by Gasteiger charge is 2.19. The Hall–Kier alpha value is -3.41. The third-order valence-electron chi connectivity index (χ3n) is 12.1. The van der Waals surface area contributed by atoms with Gasteiger partial charge in [0.05, 0.1) is 6.42 Å². The first-order valence-corrected chi connectivity index (χ1v) is 28.6. The van der Waals surface area contributed by atoms with Crippen LogP contribution in [-0.2, 0) is 28.6 Å². The zero-order valence-electron chi connectivity index (χ0n) is 44.6. The molecule has 0 radical (unpaired) electrons. The predicted octanol–water partition coefficient (Wildman–Crippen LogP) is 19.2. The van der Waals surface area contributed by atoms with Gasteiger partial charge < -0.3 is 14.2 Å². The van der Waals surface area contributed by atoms with Crippen LogP contribution in [0.25, 0.3) is 0 Å². The van der Waals surface area contributed by atoms with E-state index in [1.54, 1.807) is 6.08 Å². The maximum Gasteiger partial charge on any atom is 0.310 e. The molecule has 0 aliphatic rings. The Morgan fingerprint density at radius 3 is 0.956 bits per heavy atom. The minimum absolute atomic E-state index is 0.0948. The van der Waals surface area contributed by atoms with Crippen LogP contribution in [0.15, 0.2) is 85.1 Å². The van der Waals surface area contributed by atoms with Gasteiger partial charge in [0.1, 0.15) is 13.2 Å². The van der Waals surface area contributed by atoms with E-state index in [0.29, 0.717) is 12.8 Å². The quantitative estimate of drug-likeness (QED) is 0.0262. The van der Waals surface area contributed by atoms with Gasteiger partial charge in [-0.3, -0.25) is 14.4 Å². The molecule has 0 bridgehead atoms. The van der Waals surface area contributed by atoms with Gasteiger partial charge >= 0.3 is 17.9 Å². The predicted molar refractivity (Wildman–Crippen MR) is 293 cm³/mol. The molecule has 0 heterocycles. The number of hydrogen-bond donors (Lipinski definition) is 0. The van der Waals surface area contributed by atoms with Gasteiger partial charge in [-0.2, -0.15) is 0 Å². The van der Waals surface area contributed by atoms with Crippen LogP contribution in [0.4, 0.5) is 0 Å². The van der Waals surface area contributed by atoms with Crippen molar-refractivity contribution in [1.82, 2.24) is 0 Å². The monoisotopic (exact) mass is 947 g/mol. The number of hydrogen-bond acceptors (Lipinski definition) is 6. The fourth-order valence-corrected chi connectivity index (χ4v) is 7.86. The lowest BCUT2D eigenvalue weighted by molar-refractivity contribution is -0.166.